The molecule has 1 aromatic heterocycles. The molecule has 0 bridgehead atoms. The first-order valence-electron chi connectivity index (χ1n) is 7.80. The summed E-state index contributed by atoms with van der Waals surface area (Å²) in [6.07, 6.45) is 1.55. The second-order valence-electron chi connectivity index (χ2n) is 5.53. The van der Waals surface area contributed by atoms with Crippen molar-refractivity contribution in [2.45, 2.75) is 13.5 Å². The molecule has 0 unspecified atom stereocenters. The van der Waals surface area contributed by atoms with E-state index in [2.05, 4.69) is 20.6 Å². The fraction of sp³-hybridized carbons (Fsp3) is 0.105. The predicted molar refractivity (Wildman–Crippen MR) is 99.9 cm³/mol. The van der Waals surface area contributed by atoms with Crippen LogP contribution in [0.15, 0.2) is 60.8 Å². The molecule has 6 heteroatoms. The van der Waals surface area contributed by atoms with E-state index in [-0.39, 0.29) is 11.6 Å². The van der Waals surface area contributed by atoms with Crippen LogP contribution in [0.3, 0.4) is 0 Å². The van der Waals surface area contributed by atoms with Crippen LogP contribution < -0.4 is 10.6 Å². The monoisotopic (exact) mass is 352 g/mol. The van der Waals surface area contributed by atoms with Crippen molar-refractivity contribution < 1.29 is 4.79 Å². The third kappa shape index (κ3) is 4.55. The second-order valence-corrected chi connectivity index (χ2v) is 5.94. The largest absolute Gasteiger partial charge is 0.350 e. The summed E-state index contributed by atoms with van der Waals surface area (Å²) < 4.78 is 0. The van der Waals surface area contributed by atoms with Gasteiger partial charge >= 0.3 is 0 Å². The third-order valence-electron chi connectivity index (χ3n) is 3.59. The van der Waals surface area contributed by atoms with Gasteiger partial charge in [-0.25, -0.2) is 9.97 Å². The highest BCUT2D eigenvalue weighted by molar-refractivity contribution is 6.31. The van der Waals surface area contributed by atoms with Crippen molar-refractivity contribution in [2.24, 2.45) is 0 Å². The molecule has 0 fully saturated rings. The number of carbonyl (C=O) groups is 1. The maximum atomic E-state index is 12.3. The highest BCUT2D eigenvalue weighted by atomic mass is 35.5. The molecule has 0 aliphatic carbocycles. The summed E-state index contributed by atoms with van der Waals surface area (Å²) in [6, 6.07) is 16.7. The first kappa shape index (κ1) is 16.9. The summed E-state index contributed by atoms with van der Waals surface area (Å²) in [5.74, 6) is 0.0866. The lowest BCUT2D eigenvalue weighted by Gasteiger charge is -2.08. The predicted octanol–water partition coefficient (Wildman–Crippen LogP) is 4.30. The number of rotatable bonds is 5. The number of anilines is 2. The van der Waals surface area contributed by atoms with Crippen LogP contribution >= 0.6 is 11.6 Å². The van der Waals surface area contributed by atoms with Crippen LogP contribution in [-0.4, -0.2) is 15.9 Å². The maximum Gasteiger partial charge on any atom is 0.274 e. The quantitative estimate of drug-likeness (QED) is 0.718. The fourth-order valence-electron chi connectivity index (χ4n) is 2.22. The molecule has 5 nitrogen and oxygen atoms in total. The Kier molecular flexibility index (Phi) is 5.26. The summed E-state index contributed by atoms with van der Waals surface area (Å²) in [5.41, 5.74) is 3.07. The van der Waals surface area contributed by atoms with Crippen LogP contribution in [0, 0.1) is 6.92 Å². The van der Waals surface area contributed by atoms with E-state index in [1.165, 1.54) is 0 Å². The molecule has 0 aliphatic rings. The van der Waals surface area contributed by atoms with Crippen molar-refractivity contribution >= 4 is 29.1 Å². The Balaban J connectivity index is 1.67. The van der Waals surface area contributed by atoms with Gasteiger partial charge in [-0.3, -0.25) is 4.79 Å². The highest BCUT2D eigenvalue weighted by Gasteiger charge is 2.09. The van der Waals surface area contributed by atoms with Gasteiger partial charge in [-0.1, -0.05) is 47.5 Å². The van der Waals surface area contributed by atoms with E-state index in [4.69, 9.17) is 11.6 Å². The smallest absolute Gasteiger partial charge is 0.274 e. The maximum absolute atomic E-state index is 12.3. The third-order valence-corrected chi connectivity index (χ3v) is 3.96. The molecule has 3 rings (SSSR count). The number of aryl methyl sites for hydroxylation is 1. The molecule has 0 spiro atoms. The summed E-state index contributed by atoms with van der Waals surface area (Å²) in [6.45, 7) is 2.47. The zero-order valence-corrected chi connectivity index (χ0v) is 14.4. The van der Waals surface area contributed by atoms with Crippen molar-refractivity contribution in [3.8, 4) is 0 Å². The lowest BCUT2D eigenvalue weighted by Crippen LogP contribution is -2.15. The number of amides is 1. The average Bonchev–Trinajstić information content (AvgIpc) is 2.63. The van der Waals surface area contributed by atoms with Crippen molar-refractivity contribution in [1.82, 2.24) is 9.97 Å². The van der Waals surface area contributed by atoms with Gasteiger partial charge in [-0.05, 0) is 36.8 Å². The Bertz CT molecular complexity index is 881. The van der Waals surface area contributed by atoms with Gasteiger partial charge in [0.25, 0.3) is 5.91 Å². The van der Waals surface area contributed by atoms with Gasteiger partial charge in [0.1, 0.15) is 5.69 Å². The van der Waals surface area contributed by atoms with Gasteiger partial charge < -0.3 is 10.6 Å². The number of aromatic nitrogens is 2. The molecule has 2 N–H and O–H groups in total. The van der Waals surface area contributed by atoms with Crippen molar-refractivity contribution in [3.05, 3.63) is 82.6 Å². The molecular weight excluding hydrogens is 336 g/mol. The van der Waals surface area contributed by atoms with E-state index in [1.807, 2.05) is 55.5 Å². The fourth-order valence-corrected chi connectivity index (χ4v) is 2.42. The number of halogens is 1. The van der Waals surface area contributed by atoms with E-state index >= 15 is 0 Å². The van der Waals surface area contributed by atoms with E-state index in [0.29, 0.717) is 17.5 Å². The summed E-state index contributed by atoms with van der Waals surface area (Å²) in [5, 5.41) is 6.57. The number of benzene rings is 2. The van der Waals surface area contributed by atoms with Crippen LogP contribution in [0.1, 0.15) is 21.6 Å². The van der Waals surface area contributed by atoms with Crippen LogP contribution in [-0.2, 0) is 6.54 Å². The number of hydrogen-bond acceptors (Lipinski definition) is 4. The Morgan fingerprint density at radius 2 is 1.84 bits per heavy atom. The molecule has 0 saturated heterocycles. The highest BCUT2D eigenvalue weighted by Crippen LogP contribution is 2.16. The lowest BCUT2D eigenvalue weighted by molar-refractivity contribution is 0.102. The Hall–Kier alpha value is -2.92. The number of nitrogens with one attached hydrogen (secondary N) is 2. The van der Waals surface area contributed by atoms with E-state index < -0.39 is 0 Å². The van der Waals surface area contributed by atoms with Crippen LogP contribution in [0.2, 0.25) is 5.02 Å². The zero-order chi connectivity index (χ0) is 17.6. The van der Waals surface area contributed by atoms with Gasteiger partial charge in [0, 0.05) is 23.5 Å². The van der Waals surface area contributed by atoms with Crippen LogP contribution in [0.4, 0.5) is 11.6 Å². The van der Waals surface area contributed by atoms with E-state index in [0.717, 1.165) is 16.8 Å². The van der Waals surface area contributed by atoms with Gasteiger partial charge in [0.15, 0.2) is 0 Å². The Labute approximate surface area is 151 Å². The molecule has 0 radical (unpaired) electrons. The second kappa shape index (κ2) is 7.77. The SMILES string of the molecule is Cc1ccc(NC(=O)c2ccnc(NCc3ccccc3Cl)n2)cc1. The average molecular weight is 353 g/mol. The molecule has 1 heterocycles. The molecule has 25 heavy (non-hydrogen) atoms. The minimum atomic E-state index is -0.285. The molecule has 126 valence electrons. The molecular formula is C19H17ClN4O. The van der Waals surface area contributed by atoms with Crippen LogP contribution in [0.5, 0.6) is 0 Å². The summed E-state index contributed by atoms with van der Waals surface area (Å²) in [4.78, 5) is 20.7. The van der Waals surface area contributed by atoms with Gasteiger partial charge in [0.05, 0.1) is 0 Å². The van der Waals surface area contributed by atoms with E-state index in [1.54, 1.807) is 12.3 Å². The van der Waals surface area contributed by atoms with Gasteiger partial charge in [-0.15, -0.1) is 0 Å². The minimum Gasteiger partial charge on any atom is -0.350 e. The molecule has 0 atom stereocenters. The molecule has 1 amide bonds. The molecule has 0 aliphatic heterocycles. The lowest BCUT2D eigenvalue weighted by atomic mass is 10.2. The summed E-state index contributed by atoms with van der Waals surface area (Å²) >= 11 is 6.13. The standard InChI is InChI=1S/C19H17ClN4O/c1-13-6-8-15(9-7-13)23-18(25)17-10-11-21-19(24-17)22-12-14-4-2-3-5-16(14)20/h2-11H,12H2,1H3,(H,23,25)(H,21,22,24). The normalized spacial score (nSPS) is 10.3. The van der Waals surface area contributed by atoms with Crippen molar-refractivity contribution in [2.75, 3.05) is 10.6 Å². The Morgan fingerprint density at radius 3 is 2.60 bits per heavy atom. The van der Waals surface area contributed by atoms with Crippen molar-refractivity contribution in [1.29, 1.82) is 0 Å². The Morgan fingerprint density at radius 1 is 1.08 bits per heavy atom. The molecule has 2 aromatic carbocycles. The zero-order valence-electron chi connectivity index (χ0n) is 13.7. The topological polar surface area (TPSA) is 66.9 Å². The van der Waals surface area contributed by atoms with Crippen LogP contribution in [0.25, 0.3) is 0 Å². The molecule has 0 saturated carbocycles. The summed E-state index contributed by atoms with van der Waals surface area (Å²) in [7, 11) is 0. The van der Waals surface area contributed by atoms with Gasteiger partial charge in [0.2, 0.25) is 5.95 Å². The minimum absolute atomic E-state index is 0.285. The van der Waals surface area contributed by atoms with Gasteiger partial charge in [-0.2, -0.15) is 0 Å². The first-order valence-corrected chi connectivity index (χ1v) is 8.18. The molecule has 3 aromatic rings. The number of nitrogens with zero attached hydrogens (tertiary/aromatic N) is 2. The van der Waals surface area contributed by atoms with E-state index in [9.17, 15) is 4.79 Å². The number of hydrogen-bond donors (Lipinski definition) is 2. The first-order chi connectivity index (χ1) is 12.1. The van der Waals surface area contributed by atoms with Crippen molar-refractivity contribution in [3.63, 3.8) is 0 Å². The number of carbonyl (C=O) groups excluding carboxylic acids is 1.